The molecule has 2 rings (SSSR count). The zero-order valence-electron chi connectivity index (χ0n) is 8.61. The number of hydrogen-bond donors (Lipinski definition) is 0. The normalized spacial score (nSPS) is 9.81. The first kappa shape index (κ1) is 10.2. The molecule has 0 bridgehead atoms. The van der Waals surface area contributed by atoms with Crippen molar-refractivity contribution in [3.8, 4) is 17.3 Å². The van der Waals surface area contributed by atoms with E-state index in [1.807, 2.05) is 6.92 Å². The van der Waals surface area contributed by atoms with E-state index in [1.165, 1.54) is 12.1 Å². The van der Waals surface area contributed by atoms with E-state index < -0.39 is 5.82 Å². The Morgan fingerprint density at radius 3 is 2.75 bits per heavy atom. The molecule has 0 N–H and O–H groups in total. The van der Waals surface area contributed by atoms with Crippen molar-refractivity contribution in [3.63, 3.8) is 0 Å². The third kappa shape index (κ3) is 1.89. The Bertz CT molecular complexity index is 573. The van der Waals surface area contributed by atoms with Gasteiger partial charge in [0.25, 0.3) is 0 Å². The average Bonchev–Trinajstić information content (AvgIpc) is 2.29. The number of benzene rings is 1. The molecule has 78 valence electrons. The van der Waals surface area contributed by atoms with Crippen LogP contribution in [0, 0.1) is 24.1 Å². The van der Waals surface area contributed by atoms with Gasteiger partial charge in [-0.15, -0.1) is 0 Å². The predicted octanol–water partition coefficient (Wildman–Crippen LogP) is 2.46. The summed E-state index contributed by atoms with van der Waals surface area (Å²) in [5.41, 5.74) is 2.02. The molecule has 1 aromatic heterocycles. The van der Waals surface area contributed by atoms with Gasteiger partial charge < -0.3 is 0 Å². The van der Waals surface area contributed by atoms with Crippen molar-refractivity contribution in [2.75, 3.05) is 0 Å². The van der Waals surface area contributed by atoms with Crippen LogP contribution in [-0.2, 0) is 0 Å². The molecule has 2 aromatic rings. The molecular weight excluding hydrogens is 205 g/mol. The molecule has 1 aromatic carbocycles. The van der Waals surface area contributed by atoms with E-state index in [0.29, 0.717) is 11.3 Å². The maximum absolute atomic E-state index is 13.4. The van der Waals surface area contributed by atoms with Crippen LogP contribution in [0.1, 0.15) is 11.3 Å². The summed E-state index contributed by atoms with van der Waals surface area (Å²) >= 11 is 0. The molecule has 0 spiro atoms. The van der Waals surface area contributed by atoms with Gasteiger partial charge in [-0.25, -0.2) is 9.37 Å². The van der Waals surface area contributed by atoms with Crippen LogP contribution in [0.25, 0.3) is 11.3 Å². The molecular formula is C12H8FN3. The van der Waals surface area contributed by atoms with Gasteiger partial charge in [-0.1, -0.05) is 6.07 Å². The highest BCUT2D eigenvalue weighted by Gasteiger charge is 2.05. The van der Waals surface area contributed by atoms with Crippen molar-refractivity contribution >= 4 is 0 Å². The van der Waals surface area contributed by atoms with Crippen molar-refractivity contribution in [2.45, 2.75) is 6.92 Å². The van der Waals surface area contributed by atoms with Gasteiger partial charge in [-0.3, -0.25) is 4.98 Å². The molecule has 3 nitrogen and oxygen atoms in total. The Morgan fingerprint density at radius 1 is 1.31 bits per heavy atom. The fourth-order valence-corrected chi connectivity index (χ4v) is 1.37. The second kappa shape index (κ2) is 4.07. The van der Waals surface area contributed by atoms with Gasteiger partial charge in [0, 0.05) is 11.8 Å². The number of nitriles is 1. The van der Waals surface area contributed by atoms with E-state index >= 15 is 0 Å². The van der Waals surface area contributed by atoms with Crippen molar-refractivity contribution in [1.82, 2.24) is 9.97 Å². The summed E-state index contributed by atoms with van der Waals surface area (Å²) in [6, 6.07) is 6.16. The Hall–Kier alpha value is -2.28. The van der Waals surface area contributed by atoms with Crippen LogP contribution in [0.3, 0.4) is 0 Å². The molecule has 16 heavy (non-hydrogen) atoms. The predicted molar refractivity (Wildman–Crippen MR) is 56.9 cm³/mol. The second-order valence-electron chi connectivity index (χ2n) is 3.35. The van der Waals surface area contributed by atoms with Crippen molar-refractivity contribution < 1.29 is 4.39 Å². The van der Waals surface area contributed by atoms with Crippen LogP contribution in [0.15, 0.2) is 30.6 Å². The smallest absolute Gasteiger partial charge is 0.141 e. The first-order valence-electron chi connectivity index (χ1n) is 4.69. The van der Waals surface area contributed by atoms with Crippen LogP contribution < -0.4 is 0 Å². The number of halogens is 1. The summed E-state index contributed by atoms with van der Waals surface area (Å²) in [5, 5.41) is 8.61. The van der Waals surface area contributed by atoms with Gasteiger partial charge in [0.1, 0.15) is 11.9 Å². The molecule has 1 heterocycles. The van der Waals surface area contributed by atoms with Gasteiger partial charge >= 0.3 is 0 Å². The second-order valence-corrected chi connectivity index (χ2v) is 3.35. The Labute approximate surface area is 92.2 Å². The minimum Gasteiger partial charge on any atom is -0.261 e. The van der Waals surface area contributed by atoms with Crippen molar-refractivity contribution in [3.05, 3.63) is 47.7 Å². The largest absolute Gasteiger partial charge is 0.261 e. The lowest BCUT2D eigenvalue weighted by Gasteiger charge is -2.02. The van der Waals surface area contributed by atoms with E-state index in [2.05, 4.69) is 9.97 Å². The van der Waals surface area contributed by atoms with Gasteiger partial charge in [0.15, 0.2) is 0 Å². The number of hydrogen-bond acceptors (Lipinski definition) is 3. The number of rotatable bonds is 1. The van der Waals surface area contributed by atoms with Gasteiger partial charge in [-0.05, 0) is 19.1 Å². The molecule has 0 fully saturated rings. The summed E-state index contributed by atoms with van der Waals surface area (Å²) in [7, 11) is 0. The lowest BCUT2D eigenvalue weighted by molar-refractivity contribution is 0.624. The van der Waals surface area contributed by atoms with Gasteiger partial charge in [0.2, 0.25) is 0 Å². The van der Waals surface area contributed by atoms with E-state index in [-0.39, 0.29) is 5.56 Å². The first-order chi connectivity index (χ1) is 7.70. The highest BCUT2D eigenvalue weighted by atomic mass is 19.1. The van der Waals surface area contributed by atoms with Crippen LogP contribution in [0.5, 0.6) is 0 Å². The fraction of sp³-hybridized carbons (Fsp3) is 0.0833. The fourth-order valence-electron chi connectivity index (χ4n) is 1.37. The maximum Gasteiger partial charge on any atom is 0.141 e. The Balaban J connectivity index is 2.50. The first-order valence-corrected chi connectivity index (χ1v) is 4.69. The summed E-state index contributed by atoms with van der Waals surface area (Å²) in [5.74, 6) is -0.539. The molecule has 0 amide bonds. The minimum absolute atomic E-state index is 0.0318. The van der Waals surface area contributed by atoms with E-state index in [9.17, 15) is 4.39 Å². The lowest BCUT2D eigenvalue weighted by atomic mass is 10.1. The summed E-state index contributed by atoms with van der Waals surface area (Å²) in [6.07, 6.45) is 3.19. The quantitative estimate of drug-likeness (QED) is 0.731. The van der Waals surface area contributed by atoms with Gasteiger partial charge in [0.05, 0.1) is 23.1 Å². The maximum atomic E-state index is 13.4. The van der Waals surface area contributed by atoms with Crippen LogP contribution in [0.2, 0.25) is 0 Å². The topological polar surface area (TPSA) is 49.6 Å². The molecule has 0 aliphatic carbocycles. The van der Waals surface area contributed by atoms with Crippen molar-refractivity contribution in [1.29, 1.82) is 5.26 Å². The highest BCUT2D eigenvalue weighted by Crippen LogP contribution is 2.19. The molecule has 0 aliphatic heterocycles. The summed E-state index contributed by atoms with van der Waals surface area (Å²) < 4.78 is 13.4. The van der Waals surface area contributed by atoms with Crippen LogP contribution in [-0.4, -0.2) is 9.97 Å². The zero-order chi connectivity index (χ0) is 11.5. The Kier molecular flexibility index (Phi) is 2.61. The monoisotopic (exact) mass is 213 g/mol. The summed E-state index contributed by atoms with van der Waals surface area (Å²) in [4.78, 5) is 8.21. The molecule has 4 heteroatoms. The molecule has 0 atom stereocenters. The molecule has 0 unspecified atom stereocenters. The van der Waals surface area contributed by atoms with Crippen molar-refractivity contribution in [2.24, 2.45) is 0 Å². The summed E-state index contributed by atoms with van der Waals surface area (Å²) in [6.45, 7) is 1.82. The van der Waals surface area contributed by atoms with Crippen LogP contribution in [0.4, 0.5) is 4.39 Å². The third-order valence-corrected chi connectivity index (χ3v) is 2.14. The Morgan fingerprint density at radius 2 is 2.12 bits per heavy atom. The lowest BCUT2D eigenvalue weighted by Crippen LogP contribution is -1.91. The average molecular weight is 213 g/mol. The van der Waals surface area contributed by atoms with Crippen LogP contribution >= 0.6 is 0 Å². The highest BCUT2D eigenvalue weighted by molar-refractivity contribution is 5.59. The number of nitrogens with zero attached hydrogens (tertiary/aromatic N) is 3. The molecule has 0 radical (unpaired) electrons. The van der Waals surface area contributed by atoms with Gasteiger partial charge in [-0.2, -0.15) is 5.26 Å². The number of aromatic nitrogens is 2. The molecule has 0 aliphatic rings. The SMILES string of the molecule is Cc1cncc(-c2ccc(C#N)c(F)c2)n1. The zero-order valence-corrected chi connectivity index (χ0v) is 8.61. The third-order valence-electron chi connectivity index (χ3n) is 2.14. The molecule has 0 saturated heterocycles. The molecule has 0 saturated carbocycles. The van der Waals surface area contributed by atoms with E-state index in [4.69, 9.17) is 5.26 Å². The minimum atomic E-state index is -0.539. The van der Waals surface area contributed by atoms with E-state index in [1.54, 1.807) is 24.5 Å². The van der Waals surface area contributed by atoms with E-state index in [0.717, 1.165) is 5.69 Å². The number of aryl methyl sites for hydroxylation is 1. The standard InChI is InChI=1S/C12H8FN3/c1-8-6-15-7-12(16-8)9-2-3-10(5-14)11(13)4-9/h2-4,6-7H,1H3.